The van der Waals surface area contributed by atoms with Crippen molar-refractivity contribution in [1.82, 2.24) is 84.2 Å². The van der Waals surface area contributed by atoms with Crippen LogP contribution >= 0.6 is 0 Å². The van der Waals surface area contributed by atoms with Crippen LogP contribution in [0.1, 0.15) is 199 Å². The van der Waals surface area contributed by atoms with Gasteiger partial charge in [-0.3, -0.25) is 76.7 Å². The summed E-state index contributed by atoms with van der Waals surface area (Å²) in [6.07, 6.45) is 4.45. The summed E-state index contributed by atoms with van der Waals surface area (Å²) in [5.74, 6) is -11.5. The maximum atomic E-state index is 14.0. The lowest BCUT2D eigenvalue weighted by Gasteiger charge is -2.32. The highest BCUT2D eigenvalue weighted by Crippen LogP contribution is 2.24. The Morgan fingerprint density at radius 1 is 0.359 bits per heavy atom. The third kappa shape index (κ3) is 37.8. The summed E-state index contributed by atoms with van der Waals surface area (Å²) in [6.45, 7) is 23.1. The molecule has 22 N–H and O–H groups in total. The van der Waals surface area contributed by atoms with Crippen LogP contribution in [0.5, 0.6) is 0 Å². The van der Waals surface area contributed by atoms with Gasteiger partial charge >= 0.3 is 0 Å². The van der Waals surface area contributed by atoms with Crippen LogP contribution in [0, 0.1) is 23.7 Å². The molecule has 117 heavy (non-hydrogen) atoms. The summed E-state index contributed by atoms with van der Waals surface area (Å²) in [5.41, 5.74) is 22.4. The summed E-state index contributed by atoms with van der Waals surface area (Å²) in [5, 5.41) is 38.3. The molecule has 668 valence electrons. The van der Waals surface area contributed by atoms with Gasteiger partial charge in [0.05, 0.1) is 38.5 Å². The average molecular weight is 1660 g/mol. The van der Waals surface area contributed by atoms with Crippen LogP contribution in [0.2, 0.25) is 0 Å². The van der Waals surface area contributed by atoms with Gasteiger partial charge in [0, 0.05) is 52.2 Å². The fourth-order valence-corrected chi connectivity index (χ4v) is 12.8. The van der Waals surface area contributed by atoms with Gasteiger partial charge in [0.25, 0.3) is 0 Å². The first-order valence-electron chi connectivity index (χ1n) is 41.7. The lowest BCUT2D eigenvalue weighted by atomic mass is 9.97. The van der Waals surface area contributed by atoms with Crippen LogP contribution in [0.3, 0.4) is 0 Å². The number of carbonyl (C=O) groups is 16. The molecule has 0 aromatic heterocycles. The maximum absolute atomic E-state index is 14.0. The first-order chi connectivity index (χ1) is 55.4. The van der Waals surface area contributed by atoms with Gasteiger partial charge in [-0.05, 0) is 168 Å². The van der Waals surface area contributed by atoms with E-state index in [-0.39, 0.29) is 128 Å². The predicted octanol–water partition coefficient (Wildman–Crippen LogP) is -3.67. The van der Waals surface area contributed by atoms with Crippen molar-refractivity contribution in [2.75, 3.05) is 93.0 Å². The molecule has 0 radical (unpaired) electrons. The molecular formula is C78H142N20O19. The monoisotopic (exact) mass is 1660 g/mol. The fourth-order valence-electron chi connectivity index (χ4n) is 12.8. The predicted molar refractivity (Wildman–Crippen MR) is 436 cm³/mol. The van der Waals surface area contributed by atoms with Crippen LogP contribution in [0.25, 0.3) is 0 Å². The van der Waals surface area contributed by atoms with Gasteiger partial charge in [-0.25, -0.2) is 0 Å². The Balaban J connectivity index is 1.92. The number of nitrogens with two attached hydrogens (primary N) is 4. The molecule has 0 aliphatic carbocycles. The third-order valence-corrected chi connectivity index (χ3v) is 20.9. The number of ether oxygens (including phenoxy) is 3. The number of hydrogen-bond donors (Lipinski definition) is 18. The Labute approximate surface area is 689 Å². The van der Waals surface area contributed by atoms with Crippen LogP contribution in [0.4, 0.5) is 0 Å². The molecule has 2 rings (SSSR count). The lowest BCUT2D eigenvalue weighted by molar-refractivity contribution is -0.143. The first-order valence-corrected chi connectivity index (χ1v) is 41.7. The molecular weight excluding hydrogens is 1520 g/mol. The Morgan fingerprint density at radius 3 is 0.983 bits per heavy atom. The number of carbonyl (C=O) groups excluding carboxylic acids is 16. The van der Waals surface area contributed by atoms with Crippen LogP contribution in [0.15, 0.2) is 0 Å². The van der Waals surface area contributed by atoms with Gasteiger partial charge in [0.2, 0.25) is 94.5 Å². The molecule has 16 atom stereocenters. The molecule has 16 amide bonds. The number of hydrogen-bond acceptors (Lipinski definition) is 23. The number of rotatable bonds is 60. The molecule has 0 aromatic carbocycles. The Bertz CT molecular complexity index is 2990. The molecule has 0 aromatic rings. The highest BCUT2D eigenvalue weighted by atomic mass is 16.5. The number of likely N-dealkylation sites (N-methyl/N-ethyl adjacent to an activating group) is 2. The molecule has 2 fully saturated rings. The van der Waals surface area contributed by atoms with Gasteiger partial charge < -0.3 is 121 Å². The van der Waals surface area contributed by atoms with Gasteiger partial charge in [0.1, 0.15) is 72.5 Å². The van der Waals surface area contributed by atoms with Crippen LogP contribution in [-0.4, -0.2) is 282 Å². The zero-order valence-corrected chi connectivity index (χ0v) is 71.6. The second-order valence-corrected chi connectivity index (χ2v) is 31.0. The summed E-state index contributed by atoms with van der Waals surface area (Å²) in [7, 11) is 3.24. The zero-order valence-electron chi connectivity index (χ0n) is 71.6. The van der Waals surface area contributed by atoms with E-state index < -0.39 is 179 Å². The van der Waals surface area contributed by atoms with Gasteiger partial charge in [-0.15, -0.1) is 0 Å². The van der Waals surface area contributed by atoms with Crippen molar-refractivity contribution in [3.63, 3.8) is 0 Å². The molecule has 1 unspecified atom stereocenters. The van der Waals surface area contributed by atoms with Gasteiger partial charge in [-0.2, -0.15) is 0 Å². The van der Waals surface area contributed by atoms with E-state index >= 15 is 0 Å². The van der Waals surface area contributed by atoms with Crippen molar-refractivity contribution in [2.45, 2.75) is 283 Å². The Hall–Kier alpha value is -8.76. The number of likely N-dealkylation sites (tertiary alicyclic amines) is 2. The molecule has 0 spiro atoms. The largest absolute Gasteiger partial charge is 0.379 e. The Morgan fingerprint density at radius 2 is 0.675 bits per heavy atom. The van der Waals surface area contributed by atoms with E-state index in [2.05, 4.69) is 74.4 Å². The maximum Gasteiger partial charge on any atom is 0.246 e. The molecule has 2 saturated heterocycles. The Kier molecular flexibility index (Phi) is 50.5. The first kappa shape index (κ1) is 104. The second kappa shape index (κ2) is 56.6. The number of unbranched alkanes of at least 4 members (excludes halogenated alkanes) is 2. The van der Waals surface area contributed by atoms with Crippen LogP contribution in [-0.2, 0) is 90.9 Å². The van der Waals surface area contributed by atoms with Crippen molar-refractivity contribution >= 4 is 94.5 Å². The molecule has 2 heterocycles. The molecule has 39 nitrogen and oxygen atoms in total. The van der Waals surface area contributed by atoms with E-state index in [1.54, 1.807) is 69.5 Å². The summed E-state index contributed by atoms with van der Waals surface area (Å²) >= 11 is 0. The van der Waals surface area contributed by atoms with E-state index in [4.69, 9.17) is 37.1 Å². The molecule has 2 aliphatic rings. The minimum Gasteiger partial charge on any atom is -0.379 e. The van der Waals surface area contributed by atoms with Crippen molar-refractivity contribution < 1.29 is 90.9 Å². The van der Waals surface area contributed by atoms with E-state index in [9.17, 15) is 76.7 Å². The average Bonchev–Trinajstić information content (AvgIpc) is 1.70. The van der Waals surface area contributed by atoms with Crippen molar-refractivity contribution in [3.05, 3.63) is 0 Å². The van der Waals surface area contributed by atoms with Gasteiger partial charge in [-0.1, -0.05) is 68.2 Å². The second-order valence-electron chi connectivity index (χ2n) is 31.0. The number of nitrogens with one attached hydrogen (secondary N) is 14. The topological polar surface area (TPSA) is 580 Å². The van der Waals surface area contributed by atoms with Crippen molar-refractivity contribution in [2.24, 2.45) is 46.6 Å². The van der Waals surface area contributed by atoms with Crippen LogP contribution < -0.4 is 97.4 Å². The number of primary amides is 2. The normalized spacial score (nSPS) is 17.6. The summed E-state index contributed by atoms with van der Waals surface area (Å²) in [4.78, 5) is 219. The zero-order chi connectivity index (χ0) is 88.0. The highest BCUT2D eigenvalue weighted by Gasteiger charge is 2.44. The van der Waals surface area contributed by atoms with E-state index in [1.807, 2.05) is 13.8 Å². The van der Waals surface area contributed by atoms with E-state index in [0.29, 0.717) is 90.1 Å². The standard InChI is InChI=1S/C78H142N20O19/c1-15-47(7)63(95-73(109)57-27-21-37-97(57)77(113)61(45(3)4)93-65(101)49(9)83-13)75(111)87-51(11)67(103)89-55(29-31-59(81)99)71(107)91-53(25-17-19-33-79)69(105)85-35-23-39-115-41-43-117-44-42-116-40-24-36-86-70(106)54(26-18-20-34-80)92-72(108)56(30-32-60(82)100)90-68(104)52(12)88-76(112)64(48(8)16-2)96-74(110)58-28-22-38-98(58)78(114)62(46(5)6)94-66(102)50(10)84-14/h45-58,61-64,83-84H,15-44,79-80H2,1-14H3,(H2,81,99)(H2,82,100)(H,85,105)(H,86,106)(H,87,111)(H,88,112)(H,89,103)(H,90,104)(H,91,107)(H,92,108)(H,93,101)(H,94,102)(H,95,109)(H,96,110)/t47-,48?,49-,50-,51-,52-,53-,54-,55-,56-,57-,58-,61-,62-,63-,64-/m0/s1. The molecule has 0 bridgehead atoms. The summed E-state index contributed by atoms with van der Waals surface area (Å²) in [6, 6.07) is -14.6. The minimum atomic E-state index is -1.38. The quantitative estimate of drug-likeness (QED) is 0.0261. The smallest absolute Gasteiger partial charge is 0.246 e. The molecule has 2 aliphatic heterocycles. The van der Waals surface area contributed by atoms with Gasteiger partial charge in [0.15, 0.2) is 0 Å². The lowest BCUT2D eigenvalue weighted by Crippen LogP contribution is -2.60. The number of nitrogens with zero attached hydrogens (tertiary/aromatic N) is 2. The third-order valence-electron chi connectivity index (χ3n) is 20.9. The fraction of sp³-hybridized carbons (Fsp3) is 0.795. The van der Waals surface area contributed by atoms with E-state index in [1.165, 1.54) is 23.6 Å². The van der Waals surface area contributed by atoms with Crippen molar-refractivity contribution in [1.29, 1.82) is 0 Å². The summed E-state index contributed by atoms with van der Waals surface area (Å²) < 4.78 is 17.0. The SMILES string of the molecule is CCC(C)[C@H](NC(=O)[C@@H]1CCCN1C(=O)[C@@H](NC(=O)[C@H](C)NC)C(C)C)C(=O)N[C@@H](C)C(=O)N[C@@H](CCC(N)=O)C(=O)N[C@@H](CCCCN)C(=O)NCCCOCCOCCOCCCNC(=O)[C@H](CCCCN)NC(=O)[C@H](CCC(N)=O)NC(=O)[C@H](C)NC(=O)[C@@H](NC(=O)[C@@H]1CCCN1C(=O)[C@@H](NC(=O)[C@H](C)NC)C(C)C)[C@@H](C)CC. The number of amides is 16. The molecule has 39 heteroatoms. The highest BCUT2D eigenvalue weighted by molar-refractivity contribution is 6.00. The van der Waals surface area contributed by atoms with E-state index in [0.717, 1.165) is 0 Å². The van der Waals surface area contributed by atoms with Crippen molar-refractivity contribution in [3.8, 4) is 0 Å². The minimum absolute atomic E-state index is 0.161. The molecule has 0 saturated carbocycles.